The maximum Gasteiger partial charge on any atom is 0.306 e. The van der Waals surface area contributed by atoms with E-state index < -0.39 is 6.10 Å². The van der Waals surface area contributed by atoms with Gasteiger partial charge in [-0.25, -0.2) is 0 Å². The molecule has 0 saturated heterocycles. The zero-order valence-electron chi connectivity index (χ0n) is 38.1. The molecule has 0 bridgehead atoms. The molecule has 0 aliphatic carbocycles. The fourth-order valence-corrected chi connectivity index (χ4v) is 7.48. The van der Waals surface area contributed by atoms with Crippen molar-refractivity contribution in [2.45, 2.75) is 284 Å². The van der Waals surface area contributed by atoms with Gasteiger partial charge in [0.2, 0.25) is 0 Å². The summed E-state index contributed by atoms with van der Waals surface area (Å²) in [7, 11) is 0. The van der Waals surface area contributed by atoms with Gasteiger partial charge in [0.15, 0.2) is 6.10 Å². The minimum Gasteiger partial charge on any atom is -0.462 e. The number of esters is 3. The van der Waals surface area contributed by atoms with Gasteiger partial charge < -0.3 is 14.2 Å². The minimum absolute atomic E-state index is 0.0632. The van der Waals surface area contributed by atoms with Crippen LogP contribution in [0.1, 0.15) is 278 Å². The lowest BCUT2D eigenvalue weighted by atomic mass is 9.99. The molecule has 0 aromatic rings. The first kappa shape index (κ1) is 54.4. The first-order valence-corrected chi connectivity index (χ1v) is 24.9. The molecule has 56 heavy (non-hydrogen) atoms. The second kappa shape index (κ2) is 44.5. The fourth-order valence-electron chi connectivity index (χ4n) is 7.48. The maximum atomic E-state index is 12.7. The molecular formula is C50H96O6. The molecule has 0 heterocycles. The van der Waals surface area contributed by atoms with Crippen LogP contribution in [0, 0.1) is 5.92 Å². The Morgan fingerprint density at radius 1 is 0.357 bits per heavy atom. The zero-order chi connectivity index (χ0) is 41.0. The van der Waals surface area contributed by atoms with Crippen LogP contribution in [-0.2, 0) is 28.6 Å². The van der Waals surface area contributed by atoms with E-state index in [1.54, 1.807) is 0 Å². The third kappa shape index (κ3) is 42.0. The summed E-state index contributed by atoms with van der Waals surface area (Å²) in [6.45, 7) is 9.02. The minimum atomic E-state index is -0.760. The average Bonchev–Trinajstić information content (AvgIpc) is 3.19. The lowest BCUT2D eigenvalue weighted by Gasteiger charge is -2.18. The molecule has 0 aromatic carbocycles. The fraction of sp³-hybridized carbons (Fsp3) is 0.940. The summed E-state index contributed by atoms with van der Waals surface area (Å²) >= 11 is 0. The van der Waals surface area contributed by atoms with Gasteiger partial charge in [-0.05, 0) is 25.2 Å². The zero-order valence-corrected chi connectivity index (χ0v) is 38.1. The van der Waals surface area contributed by atoms with Crippen molar-refractivity contribution in [3.8, 4) is 0 Å². The van der Waals surface area contributed by atoms with Gasteiger partial charge in [0.05, 0.1) is 0 Å². The van der Waals surface area contributed by atoms with Crippen LogP contribution in [0.4, 0.5) is 0 Å². The van der Waals surface area contributed by atoms with E-state index in [0.717, 1.165) is 63.7 Å². The molecule has 0 spiro atoms. The van der Waals surface area contributed by atoms with Crippen LogP contribution in [0.25, 0.3) is 0 Å². The predicted molar refractivity (Wildman–Crippen MR) is 238 cm³/mol. The number of rotatable bonds is 45. The van der Waals surface area contributed by atoms with Crippen LogP contribution in [0.3, 0.4) is 0 Å². The molecule has 0 fully saturated rings. The molecular weight excluding hydrogens is 697 g/mol. The SMILES string of the molecule is CCCCCCCCCCCCCCCC(=O)OC[C@@H](COC(=O)CCCCCCCCCCC(C)CC)OC(=O)CCCCCCCCCCCCCCC. The van der Waals surface area contributed by atoms with Crippen LogP contribution >= 0.6 is 0 Å². The van der Waals surface area contributed by atoms with Gasteiger partial charge in [-0.1, -0.05) is 240 Å². The topological polar surface area (TPSA) is 78.9 Å². The van der Waals surface area contributed by atoms with Crippen molar-refractivity contribution in [1.82, 2.24) is 0 Å². The summed E-state index contributed by atoms with van der Waals surface area (Å²) in [5, 5.41) is 0. The first-order valence-electron chi connectivity index (χ1n) is 24.9. The highest BCUT2D eigenvalue weighted by Gasteiger charge is 2.19. The van der Waals surface area contributed by atoms with Crippen molar-refractivity contribution in [1.29, 1.82) is 0 Å². The number of hydrogen-bond donors (Lipinski definition) is 0. The highest BCUT2D eigenvalue weighted by atomic mass is 16.6. The summed E-state index contributed by atoms with van der Waals surface area (Å²) in [5.41, 5.74) is 0. The molecule has 2 atom stereocenters. The van der Waals surface area contributed by atoms with E-state index in [2.05, 4.69) is 27.7 Å². The van der Waals surface area contributed by atoms with Crippen molar-refractivity contribution < 1.29 is 28.6 Å². The highest BCUT2D eigenvalue weighted by molar-refractivity contribution is 5.71. The number of hydrogen-bond acceptors (Lipinski definition) is 6. The summed E-state index contributed by atoms with van der Waals surface area (Å²) in [6.07, 6.45) is 45.0. The van der Waals surface area contributed by atoms with Gasteiger partial charge in [0.1, 0.15) is 13.2 Å². The lowest BCUT2D eigenvalue weighted by Crippen LogP contribution is -2.30. The van der Waals surface area contributed by atoms with Gasteiger partial charge in [0.25, 0.3) is 0 Å². The largest absolute Gasteiger partial charge is 0.462 e. The number of ether oxygens (including phenoxy) is 3. The molecule has 0 aliphatic rings. The number of carbonyl (C=O) groups excluding carboxylic acids is 3. The van der Waals surface area contributed by atoms with E-state index in [4.69, 9.17) is 14.2 Å². The van der Waals surface area contributed by atoms with E-state index in [1.807, 2.05) is 0 Å². The molecule has 332 valence electrons. The Morgan fingerprint density at radius 2 is 0.625 bits per heavy atom. The highest BCUT2D eigenvalue weighted by Crippen LogP contribution is 2.17. The van der Waals surface area contributed by atoms with Crippen LogP contribution in [0.5, 0.6) is 0 Å². The molecule has 0 saturated carbocycles. The Bertz CT molecular complexity index is 843. The summed E-state index contributed by atoms with van der Waals surface area (Å²) in [6, 6.07) is 0. The van der Waals surface area contributed by atoms with Crippen LogP contribution in [-0.4, -0.2) is 37.2 Å². The molecule has 0 aliphatic heterocycles. The van der Waals surface area contributed by atoms with E-state index >= 15 is 0 Å². The molecule has 6 nitrogen and oxygen atoms in total. The third-order valence-electron chi connectivity index (χ3n) is 11.7. The molecule has 0 amide bonds. The summed E-state index contributed by atoms with van der Waals surface area (Å²) in [5.74, 6) is -0.000278. The van der Waals surface area contributed by atoms with Gasteiger partial charge in [0, 0.05) is 19.3 Å². The smallest absolute Gasteiger partial charge is 0.306 e. The van der Waals surface area contributed by atoms with E-state index in [9.17, 15) is 14.4 Å². The monoisotopic (exact) mass is 793 g/mol. The van der Waals surface area contributed by atoms with Crippen molar-refractivity contribution in [3.05, 3.63) is 0 Å². The second-order valence-electron chi connectivity index (χ2n) is 17.3. The Kier molecular flexibility index (Phi) is 43.2. The van der Waals surface area contributed by atoms with Gasteiger partial charge in [-0.15, -0.1) is 0 Å². The predicted octanol–water partition coefficient (Wildman–Crippen LogP) is 15.9. The van der Waals surface area contributed by atoms with E-state index in [1.165, 1.54) is 173 Å². The third-order valence-corrected chi connectivity index (χ3v) is 11.7. The Hall–Kier alpha value is -1.59. The van der Waals surface area contributed by atoms with Crippen LogP contribution < -0.4 is 0 Å². The summed E-state index contributed by atoms with van der Waals surface area (Å²) < 4.78 is 16.8. The van der Waals surface area contributed by atoms with Gasteiger partial charge in [-0.3, -0.25) is 14.4 Å². The Balaban J connectivity index is 4.33. The van der Waals surface area contributed by atoms with Gasteiger partial charge >= 0.3 is 17.9 Å². The van der Waals surface area contributed by atoms with Crippen molar-refractivity contribution in [2.75, 3.05) is 13.2 Å². The van der Waals surface area contributed by atoms with E-state index in [-0.39, 0.29) is 31.1 Å². The Morgan fingerprint density at radius 3 is 0.929 bits per heavy atom. The normalized spacial score (nSPS) is 12.4. The van der Waals surface area contributed by atoms with Crippen LogP contribution in [0.15, 0.2) is 0 Å². The van der Waals surface area contributed by atoms with E-state index in [0.29, 0.717) is 19.3 Å². The molecule has 0 radical (unpaired) electrons. The molecule has 0 rings (SSSR count). The first-order chi connectivity index (χ1) is 27.4. The molecule has 0 N–H and O–H groups in total. The van der Waals surface area contributed by atoms with Crippen molar-refractivity contribution >= 4 is 17.9 Å². The van der Waals surface area contributed by atoms with Crippen molar-refractivity contribution in [2.24, 2.45) is 5.92 Å². The lowest BCUT2D eigenvalue weighted by molar-refractivity contribution is -0.167. The standard InChI is InChI=1S/C50H96O6/c1-5-8-10-12-14-16-18-20-22-24-29-33-37-41-48(51)54-44-47(45-55-49(52)42-38-34-30-27-26-28-32-36-40-46(4)7-3)56-50(53)43-39-35-31-25-23-21-19-17-15-13-11-9-6-2/h46-47H,5-45H2,1-4H3/t46?,47-/m0/s1. The number of unbranched alkanes of at least 4 members (excludes halogenated alkanes) is 31. The summed E-state index contributed by atoms with van der Waals surface area (Å²) in [4.78, 5) is 37.8. The van der Waals surface area contributed by atoms with Crippen molar-refractivity contribution in [3.63, 3.8) is 0 Å². The van der Waals surface area contributed by atoms with Crippen LogP contribution in [0.2, 0.25) is 0 Å². The number of carbonyl (C=O) groups is 3. The second-order valence-corrected chi connectivity index (χ2v) is 17.3. The van der Waals surface area contributed by atoms with Gasteiger partial charge in [-0.2, -0.15) is 0 Å². The molecule has 1 unspecified atom stereocenters. The maximum absolute atomic E-state index is 12.7. The average molecular weight is 793 g/mol. The Labute approximate surface area is 348 Å². The quantitative estimate of drug-likeness (QED) is 0.0347. The molecule has 0 aromatic heterocycles. The molecule has 6 heteroatoms.